The van der Waals surface area contributed by atoms with Gasteiger partial charge in [-0.25, -0.2) is 4.79 Å². The highest BCUT2D eigenvalue weighted by molar-refractivity contribution is 5.91. The molecule has 1 rings (SSSR count). The van der Waals surface area contributed by atoms with Crippen LogP contribution < -0.4 is 11.2 Å². The second-order valence-electron chi connectivity index (χ2n) is 4.19. The van der Waals surface area contributed by atoms with Gasteiger partial charge in [-0.15, -0.1) is 0 Å². The largest absolute Gasteiger partial charge is 0.340 e. The first-order valence-corrected chi connectivity index (χ1v) is 6.16. The van der Waals surface area contributed by atoms with E-state index >= 15 is 0 Å². The highest BCUT2D eigenvalue weighted by atomic mass is 16.2. The number of carbonyl (C=O) groups is 1. The van der Waals surface area contributed by atoms with Crippen molar-refractivity contribution in [1.29, 1.82) is 0 Å². The van der Waals surface area contributed by atoms with Gasteiger partial charge in [0, 0.05) is 39.5 Å². The highest BCUT2D eigenvalue weighted by Crippen LogP contribution is 1.96. The number of rotatable bonds is 4. The van der Waals surface area contributed by atoms with Crippen LogP contribution in [0.1, 0.15) is 19.4 Å². The van der Waals surface area contributed by atoms with Gasteiger partial charge >= 0.3 is 5.69 Å². The van der Waals surface area contributed by atoms with Crippen LogP contribution in [-0.4, -0.2) is 33.0 Å². The van der Waals surface area contributed by atoms with Crippen molar-refractivity contribution in [2.75, 3.05) is 13.1 Å². The van der Waals surface area contributed by atoms with Gasteiger partial charge in [0.25, 0.3) is 5.56 Å². The van der Waals surface area contributed by atoms with Gasteiger partial charge in [-0.1, -0.05) is 0 Å². The van der Waals surface area contributed by atoms with Crippen LogP contribution in [0, 0.1) is 0 Å². The molecule has 0 atom stereocenters. The van der Waals surface area contributed by atoms with Crippen molar-refractivity contribution in [3.05, 3.63) is 38.7 Å². The topological polar surface area (TPSA) is 64.3 Å². The molecule has 0 fully saturated rings. The van der Waals surface area contributed by atoms with Gasteiger partial charge < -0.3 is 9.47 Å². The van der Waals surface area contributed by atoms with Gasteiger partial charge in [-0.2, -0.15) is 0 Å². The number of carbonyl (C=O) groups excluding carboxylic acids is 1. The van der Waals surface area contributed by atoms with Crippen LogP contribution in [0.4, 0.5) is 0 Å². The summed E-state index contributed by atoms with van der Waals surface area (Å²) in [5, 5.41) is 0. The summed E-state index contributed by atoms with van der Waals surface area (Å²) in [6, 6.07) is 0. The Morgan fingerprint density at radius 3 is 2.37 bits per heavy atom. The number of nitrogens with zero attached hydrogens (tertiary/aromatic N) is 3. The Morgan fingerprint density at radius 1 is 1.26 bits per heavy atom. The maximum atomic E-state index is 11.8. The molecule has 0 aliphatic carbocycles. The Balaban J connectivity index is 3.11. The highest BCUT2D eigenvalue weighted by Gasteiger charge is 2.07. The van der Waals surface area contributed by atoms with Crippen molar-refractivity contribution in [3.8, 4) is 0 Å². The Labute approximate surface area is 111 Å². The molecule has 104 valence electrons. The number of hydrogen-bond acceptors (Lipinski definition) is 3. The molecule has 0 unspecified atom stereocenters. The van der Waals surface area contributed by atoms with Crippen molar-refractivity contribution >= 4 is 12.0 Å². The summed E-state index contributed by atoms with van der Waals surface area (Å²) < 4.78 is 2.32. The van der Waals surface area contributed by atoms with Crippen LogP contribution in [0.2, 0.25) is 0 Å². The fraction of sp³-hybridized carbons (Fsp3) is 0.462. The lowest BCUT2D eigenvalue weighted by atomic mass is 10.3. The molecule has 1 aromatic rings. The van der Waals surface area contributed by atoms with Crippen molar-refractivity contribution in [3.63, 3.8) is 0 Å². The van der Waals surface area contributed by atoms with Crippen LogP contribution >= 0.6 is 0 Å². The minimum absolute atomic E-state index is 0.152. The monoisotopic (exact) mass is 265 g/mol. The fourth-order valence-electron chi connectivity index (χ4n) is 1.75. The lowest BCUT2D eigenvalue weighted by Gasteiger charge is -2.15. The average molecular weight is 265 g/mol. The van der Waals surface area contributed by atoms with Gasteiger partial charge in [0.15, 0.2) is 0 Å². The predicted octanol–water partition coefficient (Wildman–Crippen LogP) is -0.0344. The Bertz CT molecular complexity index is 607. The van der Waals surface area contributed by atoms with Gasteiger partial charge in [0.05, 0.1) is 5.56 Å². The second-order valence-corrected chi connectivity index (χ2v) is 4.19. The van der Waals surface area contributed by atoms with E-state index in [9.17, 15) is 14.4 Å². The molecule has 0 saturated heterocycles. The first kappa shape index (κ1) is 14.9. The standard InChI is InChI=1S/C13H19N3O3/c1-5-16(6-2)11(17)8-7-10-9-14(3)13(19)15(4)12(10)18/h7-9H,5-6H2,1-4H3/b8-7+. The smallest absolute Gasteiger partial charge is 0.330 e. The van der Waals surface area contributed by atoms with Crippen LogP contribution in [0.15, 0.2) is 21.9 Å². The number of amides is 1. The van der Waals surface area contributed by atoms with E-state index in [4.69, 9.17) is 0 Å². The van der Waals surface area contributed by atoms with Crippen LogP contribution in [0.25, 0.3) is 6.08 Å². The summed E-state index contributed by atoms with van der Waals surface area (Å²) in [7, 11) is 2.97. The van der Waals surface area contributed by atoms with Gasteiger partial charge in [0.1, 0.15) is 0 Å². The quantitative estimate of drug-likeness (QED) is 0.718. The zero-order valence-electron chi connectivity index (χ0n) is 11.7. The van der Waals surface area contributed by atoms with E-state index in [-0.39, 0.29) is 5.91 Å². The number of likely N-dealkylation sites (N-methyl/N-ethyl adjacent to an activating group) is 1. The van der Waals surface area contributed by atoms with Crippen LogP contribution in [-0.2, 0) is 18.9 Å². The van der Waals surface area contributed by atoms with Crippen molar-refractivity contribution < 1.29 is 4.79 Å². The van der Waals surface area contributed by atoms with E-state index < -0.39 is 11.2 Å². The van der Waals surface area contributed by atoms with E-state index in [1.54, 1.807) is 11.9 Å². The molecule has 0 radical (unpaired) electrons. The molecule has 0 spiro atoms. The molecule has 0 N–H and O–H groups in total. The first-order valence-electron chi connectivity index (χ1n) is 6.16. The van der Waals surface area contributed by atoms with E-state index in [1.165, 1.54) is 30.0 Å². The van der Waals surface area contributed by atoms with Crippen molar-refractivity contribution in [1.82, 2.24) is 14.0 Å². The van der Waals surface area contributed by atoms with Crippen molar-refractivity contribution in [2.45, 2.75) is 13.8 Å². The molecule has 6 heteroatoms. The van der Waals surface area contributed by atoms with E-state index in [0.717, 1.165) is 4.57 Å². The third kappa shape index (κ3) is 3.21. The van der Waals surface area contributed by atoms with E-state index in [2.05, 4.69) is 0 Å². The predicted molar refractivity (Wildman–Crippen MR) is 73.9 cm³/mol. The minimum atomic E-state index is -0.410. The summed E-state index contributed by atoms with van der Waals surface area (Å²) in [6.07, 6.45) is 4.23. The molecule has 1 aromatic heterocycles. The summed E-state index contributed by atoms with van der Waals surface area (Å²) in [5.41, 5.74) is -0.492. The molecule has 0 aliphatic rings. The van der Waals surface area contributed by atoms with Gasteiger partial charge in [-0.05, 0) is 19.9 Å². The number of hydrogen-bond donors (Lipinski definition) is 0. The van der Waals surface area contributed by atoms with E-state index in [0.29, 0.717) is 18.7 Å². The molecule has 0 aliphatic heterocycles. The number of aromatic nitrogens is 2. The summed E-state index contributed by atoms with van der Waals surface area (Å²) in [5.74, 6) is -0.152. The van der Waals surface area contributed by atoms with Gasteiger partial charge in [0.2, 0.25) is 5.91 Å². The van der Waals surface area contributed by atoms with E-state index in [1.807, 2.05) is 13.8 Å². The first-order chi connectivity index (χ1) is 8.92. The second kappa shape index (κ2) is 6.17. The SMILES string of the molecule is CCN(CC)C(=O)/C=C/c1cn(C)c(=O)n(C)c1=O. The molecule has 6 nitrogen and oxygen atoms in total. The molecular weight excluding hydrogens is 246 g/mol. The molecular formula is C13H19N3O3. The van der Waals surface area contributed by atoms with Crippen LogP contribution in [0.5, 0.6) is 0 Å². The normalized spacial score (nSPS) is 10.9. The fourth-order valence-corrected chi connectivity index (χ4v) is 1.75. The third-order valence-electron chi connectivity index (χ3n) is 2.95. The summed E-state index contributed by atoms with van der Waals surface area (Å²) in [6.45, 7) is 5.01. The Hall–Kier alpha value is -2.11. The molecule has 0 bridgehead atoms. The van der Waals surface area contributed by atoms with Gasteiger partial charge in [-0.3, -0.25) is 14.2 Å². The molecule has 1 amide bonds. The Morgan fingerprint density at radius 2 is 1.84 bits per heavy atom. The maximum Gasteiger partial charge on any atom is 0.330 e. The van der Waals surface area contributed by atoms with Crippen molar-refractivity contribution in [2.24, 2.45) is 14.1 Å². The lowest BCUT2D eigenvalue weighted by Crippen LogP contribution is -2.37. The lowest BCUT2D eigenvalue weighted by molar-refractivity contribution is -0.125. The summed E-state index contributed by atoms with van der Waals surface area (Å²) >= 11 is 0. The number of aryl methyl sites for hydroxylation is 1. The molecule has 1 heterocycles. The molecule has 0 saturated carbocycles. The third-order valence-corrected chi connectivity index (χ3v) is 2.95. The maximum absolute atomic E-state index is 11.8. The average Bonchev–Trinajstić information content (AvgIpc) is 2.40. The Kier molecular flexibility index (Phi) is 4.86. The zero-order valence-corrected chi connectivity index (χ0v) is 11.7. The molecule has 0 aromatic carbocycles. The summed E-state index contributed by atoms with van der Waals surface area (Å²) in [4.78, 5) is 36.8. The van der Waals surface area contributed by atoms with Crippen LogP contribution in [0.3, 0.4) is 0 Å². The minimum Gasteiger partial charge on any atom is -0.340 e. The zero-order chi connectivity index (χ0) is 14.6. The molecule has 19 heavy (non-hydrogen) atoms.